The Kier molecular flexibility index (Phi) is 6.43. The van der Waals surface area contributed by atoms with Crippen molar-refractivity contribution in [1.82, 2.24) is 0 Å². The molecule has 0 aliphatic heterocycles. The molecule has 138 valence electrons. The molecule has 0 radical (unpaired) electrons. The second-order valence-electron chi connectivity index (χ2n) is 5.30. The predicted octanol–water partition coefficient (Wildman–Crippen LogP) is 2.90. The van der Waals surface area contributed by atoms with Crippen molar-refractivity contribution in [1.29, 1.82) is 0 Å². The number of anilines is 1. The maximum absolute atomic E-state index is 12.4. The number of nitrogens with one attached hydrogen (secondary N) is 1. The minimum Gasteiger partial charge on any atom is -0.497 e. The second-order valence-corrected chi connectivity index (χ2v) is 5.30. The zero-order chi connectivity index (χ0) is 19.1. The molecule has 2 aromatic carbocycles. The fourth-order valence-electron chi connectivity index (χ4n) is 2.23. The molecule has 1 N–H and O–H groups in total. The molecular weight excluding hydrogens is 338 g/mol. The summed E-state index contributed by atoms with van der Waals surface area (Å²) in [4.78, 5) is 24.7. The number of esters is 1. The highest BCUT2D eigenvalue weighted by Crippen LogP contribution is 2.26. The van der Waals surface area contributed by atoms with Crippen LogP contribution in [-0.2, 0) is 9.53 Å². The normalized spacial score (nSPS) is 11.2. The van der Waals surface area contributed by atoms with Crippen LogP contribution in [-0.4, -0.2) is 39.3 Å². The maximum Gasteiger partial charge on any atom is 0.342 e. The molecule has 0 aromatic heterocycles. The Hall–Kier alpha value is -3.22. The average molecular weight is 359 g/mol. The summed E-state index contributed by atoms with van der Waals surface area (Å²) in [6, 6.07) is 11.6. The van der Waals surface area contributed by atoms with E-state index >= 15 is 0 Å². The molecule has 0 aliphatic rings. The standard InChI is InChI=1S/C19H21NO6/c1-12(18(21)20-15-7-5-6-8-16(15)24-3)26-19(22)14-10-9-13(23-2)11-17(14)25-4/h5-12H,1-4H3,(H,20,21)/t12-/m0/s1. The maximum atomic E-state index is 12.4. The molecule has 1 atom stereocenters. The molecule has 7 heteroatoms. The van der Waals surface area contributed by atoms with Crippen LogP contribution in [0, 0.1) is 0 Å². The number of carbonyl (C=O) groups is 2. The summed E-state index contributed by atoms with van der Waals surface area (Å²) in [5, 5.41) is 2.67. The van der Waals surface area contributed by atoms with Gasteiger partial charge in [-0.1, -0.05) is 12.1 Å². The topological polar surface area (TPSA) is 83.1 Å². The first kappa shape index (κ1) is 19.1. The Labute approximate surface area is 151 Å². The third kappa shape index (κ3) is 4.44. The van der Waals surface area contributed by atoms with Gasteiger partial charge in [0.25, 0.3) is 5.91 Å². The smallest absolute Gasteiger partial charge is 0.342 e. The predicted molar refractivity (Wildman–Crippen MR) is 96.0 cm³/mol. The van der Waals surface area contributed by atoms with Crippen molar-refractivity contribution in [3.8, 4) is 17.2 Å². The fourth-order valence-corrected chi connectivity index (χ4v) is 2.23. The number of ether oxygens (including phenoxy) is 4. The van der Waals surface area contributed by atoms with E-state index in [-0.39, 0.29) is 5.56 Å². The van der Waals surface area contributed by atoms with Crippen molar-refractivity contribution in [2.45, 2.75) is 13.0 Å². The van der Waals surface area contributed by atoms with Gasteiger partial charge >= 0.3 is 5.97 Å². The van der Waals surface area contributed by atoms with Crippen LogP contribution in [0.3, 0.4) is 0 Å². The SMILES string of the molecule is COc1ccc(C(=O)O[C@@H](C)C(=O)Nc2ccccc2OC)c(OC)c1. The fraction of sp³-hybridized carbons (Fsp3) is 0.263. The number of benzene rings is 2. The minimum atomic E-state index is -1.01. The van der Waals surface area contributed by atoms with E-state index in [4.69, 9.17) is 18.9 Å². The van der Waals surface area contributed by atoms with Gasteiger partial charge in [0.15, 0.2) is 6.10 Å². The number of rotatable bonds is 7. The molecule has 2 aromatic rings. The molecule has 0 bridgehead atoms. The van der Waals surface area contributed by atoms with E-state index < -0.39 is 18.0 Å². The number of hydrogen-bond donors (Lipinski definition) is 1. The van der Waals surface area contributed by atoms with E-state index in [0.29, 0.717) is 22.9 Å². The first-order valence-corrected chi connectivity index (χ1v) is 7.87. The number of para-hydroxylation sites is 2. The Balaban J connectivity index is 2.08. The number of amides is 1. The lowest BCUT2D eigenvalue weighted by atomic mass is 10.2. The molecule has 7 nitrogen and oxygen atoms in total. The van der Waals surface area contributed by atoms with E-state index in [9.17, 15) is 9.59 Å². The zero-order valence-electron chi connectivity index (χ0n) is 15.1. The van der Waals surface area contributed by atoms with Crippen LogP contribution in [0.2, 0.25) is 0 Å². The second kappa shape index (κ2) is 8.75. The zero-order valence-corrected chi connectivity index (χ0v) is 15.1. The molecule has 1 amide bonds. The van der Waals surface area contributed by atoms with Gasteiger partial charge in [-0.15, -0.1) is 0 Å². The summed E-state index contributed by atoms with van der Waals surface area (Å²) < 4.78 is 20.7. The van der Waals surface area contributed by atoms with Crippen molar-refractivity contribution < 1.29 is 28.5 Å². The summed E-state index contributed by atoms with van der Waals surface area (Å²) in [7, 11) is 4.45. The highest BCUT2D eigenvalue weighted by Gasteiger charge is 2.22. The Morgan fingerprint density at radius 2 is 1.62 bits per heavy atom. The Morgan fingerprint density at radius 1 is 0.923 bits per heavy atom. The first-order chi connectivity index (χ1) is 12.5. The monoisotopic (exact) mass is 359 g/mol. The first-order valence-electron chi connectivity index (χ1n) is 7.87. The highest BCUT2D eigenvalue weighted by molar-refractivity contribution is 5.99. The number of carbonyl (C=O) groups excluding carboxylic acids is 2. The van der Waals surface area contributed by atoms with Crippen LogP contribution in [0.25, 0.3) is 0 Å². The number of hydrogen-bond acceptors (Lipinski definition) is 6. The van der Waals surface area contributed by atoms with Gasteiger partial charge in [0.1, 0.15) is 22.8 Å². The summed E-state index contributed by atoms with van der Waals surface area (Å²) >= 11 is 0. The molecule has 2 rings (SSSR count). The van der Waals surface area contributed by atoms with Gasteiger partial charge in [0, 0.05) is 6.07 Å². The van der Waals surface area contributed by atoms with E-state index in [1.165, 1.54) is 34.3 Å². The molecule has 0 spiro atoms. The molecule has 26 heavy (non-hydrogen) atoms. The van der Waals surface area contributed by atoms with E-state index in [1.54, 1.807) is 36.4 Å². The number of methoxy groups -OCH3 is 3. The van der Waals surface area contributed by atoms with Gasteiger partial charge in [-0.2, -0.15) is 0 Å². The summed E-state index contributed by atoms with van der Waals surface area (Å²) in [5.74, 6) is 0.200. The Bertz CT molecular complexity index is 789. The van der Waals surface area contributed by atoms with Gasteiger partial charge in [0.05, 0.1) is 27.0 Å². The largest absolute Gasteiger partial charge is 0.497 e. The van der Waals surface area contributed by atoms with Gasteiger partial charge in [-0.25, -0.2) is 4.79 Å². The van der Waals surface area contributed by atoms with Gasteiger partial charge in [0.2, 0.25) is 0 Å². The van der Waals surface area contributed by atoms with Gasteiger partial charge < -0.3 is 24.3 Å². The summed E-state index contributed by atoms with van der Waals surface area (Å²) in [6.07, 6.45) is -1.01. The summed E-state index contributed by atoms with van der Waals surface area (Å²) in [5.41, 5.74) is 0.690. The molecule has 0 saturated carbocycles. The summed E-state index contributed by atoms with van der Waals surface area (Å²) in [6.45, 7) is 1.48. The van der Waals surface area contributed by atoms with Crippen LogP contribution in [0.5, 0.6) is 17.2 Å². The third-order valence-corrected chi connectivity index (χ3v) is 3.65. The van der Waals surface area contributed by atoms with E-state index in [0.717, 1.165) is 0 Å². The highest BCUT2D eigenvalue weighted by atomic mass is 16.5. The van der Waals surface area contributed by atoms with Crippen molar-refractivity contribution in [3.63, 3.8) is 0 Å². The van der Waals surface area contributed by atoms with Crippen molar-refractivity contribution in [2.24, 2.45) is 0 Å². The lowest BCUT2D eigenvalue weighted by molar-refractivity contribution is -0.123. The lowest BCUT2D eigenvalue weighted by Crippen LogP contribution is -2.30. The minimum absolute atomic E-state index is 0.199. The van der Waals surface area contributed by atoms with E-state index in [1.807, 2.05) is 0 Å². The van der Waals surface area contributed by atoms with Crippen LogP contribution >= 0.6 is 0 Å². The Morgan fingerprint density at radius 3 is 2.27 bits per heavy atom. The van der Waals surface area contributed by atoms with Crippen molar-refractivity contribution in [2.75, 3.05) is 26.6 Å². The van der Waals surface area contributed by atoms with Crippen molar-refractivity contribution in [3.05, 3.63) is 48.0 Å². The molecule has 0 fully saturated rings. The van der Waals surface area contributed by atoms with Crippen LogP contribution in [0.15, 0.2) is 42.5 Å². The molecule has 0 heterocycles. The lowest BCUT2D eigenvalue weighted by Gasteiger charge is -2.16. The molecule has 0 unspecified atom stereocenters. The van der Waals surface area contributed by atoms with Crippen LogP contribution < -0.4 is 19.5 Å². The van der Waals surface area contributed by atoms with Gasteiger partial charge in [-0.05, 0) is 31.2 Å². The molecule has 0 aliphatic carbocycles. The third-order valence-electron chi connectivity index (χ3n) is 3.65. The van der Waals surface area contributed by atoms with Gasteiger partial charge in [-0.3, -0.25) is 4.79 Å². The van der Waals surface area contributed by atoms with E-state index in [2.05, 4.69) is 5.32 Å². The van der Waals surface area contributed by atoms with Crippen LogP contribution in [0.1, 0.15) is 17.3 Å². The molecular formula is C19H21NO6. The van der Waals surface area contributed by atoms with Crippen LogP contribution in [0.4, 0.5) is 5.69 Å². The average Bonchev–Trinajstić information content (AvgIpc) is 2.67. The quantitative estimate of drug-likeness (QED) is 0.766. The molecule has 0 saturated heterocycles. The van der Waals surface area contributed by atoms with Crippen molar-refractivity contribution >= 4 is 17.6 Å².